The number of aliphatic hydroxyl groups is 1. The molecule has 2 heterocycles. The van der Waals surface area contributed by atoms with Gasteiger partial charge < -0.3 is 31.1 Å². The molecule has 4 atom stereocenters. The first-order valence-corrected chi connectivity index (χ1v) is 10.0. The fraction of sp³-hybridized carbons (Fsp3) is 0.647. The molecule has 28 heavy (non-hydrogen) atoms. The van der Waals surface area contributed by atoms with Crippen LogP contribution in [-0.2, 0) is 9.59 Å². The SMILES string of the molecule is C[C@@H](O)[C@H]1C(=O)N2C(C(=O)O)=C(SCC(=N)N(C)C)[C@H](CCCNC(=N)N)[C@H]12. The molecule has 0 bridgehead atoms. The third-order valence-electron chi connectivity index (χ3n) is 5.05. The third-order valence-corrected chi connectivity index (χ3v) is 6.27. The lowest BCUT2D eigenvalue weighted by atomic mass is 9.77. The quantitative estimate of drug-likeness (QED) is 0.129. The summed E-state index contributed by atoms with van der Waals surface area (Å²) in [6.45, 7) is 2.00. The van der Waals surface area contributed by atoms with Gasteiger partial charge in [-0.3, -0.25) is 15.6 Å². The van der Waals surface area contributed by atoms with Gasteiger partial charge in [-0.2, -0.15) is 0 Å². The van der Waals surface area contributed by atoms with Crippen molar-refractivity contribution in [1.82, 2.24) is 15.1 Å². The number of nitrogens with two attached hydrogens (primary N) is 1. The number of thioether (sulfide) groups is 1. The second-order valence-electron chi connectivity index (χ2n) is 7.20. The number of hydrogen-bond acceptors (Lipinski definition) is 6. The summed E-state index contributed by atoms with van der Waals surface area (Å²) >= 11 is 1.26. The number of aliphatic carboxylic acids is 1. The number of amides is 1. The molecule has 0 unspecified atom stereocenters. The molecule has 2 aliphatic rings. The van der Waals surface area contributed by atoms with E-state index in [-0.39, 0.29) is 29.2 Å². The lowest BCUT2D eigenvalue weighted by Gasteiger charge is -2.47. The summed E-state index contributed by atoms with van der Waals surface area (Å²) in [5.41, 5.74) is 5.26. The van der Waals surface area contributed by atoms with E-state index in [9.17, 15) is 19.8 Å². The number of carboxylic acids is 1. The highest BCUT2D eigenvalue weighted by Crippen LogP contribution is 2.52. The van der Waals surface area contributed by atoms with Crippen LogP contribution in [0.15, 0.2) is 10.6 Å². The number of guanidine groups is 1. The Morgan fingerprint density at radius 3 is 2.57 bits per heavy atom. The van der Waals surface area contributed by atoms with Gasteiger partial charge in [-0.15, -0.1) is 11.8 Å². The highest BCUT2D eigenvalue weighted by atomic mass is 32.2. The first kappa shape index (κ1) is 22.0. The van der Waals surface area contributed by atoms with Crippen molar-refractivity contribution in [3.05, 3.63) is 10.6 Å². The van der Waals surface area contributed by atoms with Crippen LogP contribution in [0.5, 0.6) is 0 Å². The minimum absolute atomic E-state index is 0.0343. The number of nitrogens with zero attached hydrogens (tertiary/aromatic N) is 2. The van der Waals surface area contributed by atoms with Gasteiger partial charge in [0, 0.05) is 31.5 Å². The fourth-order valence-electron chi connectivity index (χ4n) is 3.67. The summed E-state index contributed by atoms with van der Waals surface area (Å²) in [6, 6.07) is -0.396. The van der Waals surface area contributed by atoms with Gasteiger partial charge in [0.1, 0.15) is 11.5 Å². The van der Waals surface area contributed by atoms with Crippen LogP contribution in [0.3, 0.4) is 0 Å². The fourth-order valence-corrected chi connectivity index (χ4v) is 5.01. The van der Waals surface area contributed by atoms with Crippen LogP contribution in [0.25, 0.3) is 0 Å². The summed E-state index contributed by atoms with van der Waals surface area (Å²) in [7, 11) is 3.49. The predicted molar refractivity (Wildman–Crippen MR) is 107 cm³/mol. The van der Waals surface area contributed by atoms with Crippen LogP contribution < -0.4 is 11.1 Å². The molecule has 1 fully saturated rings. The standard InChI is InChI=1S/C17H28N6O4S/c1-8(24)11-12-9(5-4-6-21-17(19)20)14(28-7-10(18)22(2)3)13(16(26)27)23(12)15(11)25/h8-9,11-12,18,24H,4-7H2,1-3H3,(H,26,27)(H4,19,20,21)/t8-,9-,11-,12-/m1/s1. The predicted octanol–water partition coefficient (Wildman–Crippen LogP) is -0.344. The van der Waals surface area contributed by atoms with Gasteiger partial charge >= 0.3 is 5.97 Å². The maximum atomic E-state index is 12.5. The highest BCUT2D eigenvalue weighted by Gasteiger charge is 2.60. The van der Waals surface area contributed by atoms with E-state index in [2.05, 4.69) is 5.32 Å². The molecule has 0 aromatic carbocycles. The van der Waals surface area contributed by atoms with E-state index in [1.165, 1.54) is 16.7 Å². The van der Waals surface area contributed by atoms with Crippen LogP contribution in [0, 0.1) is 22.7 Å². The van der Waals surface area contributed by atoms with Crippen molar-refractivity contribution in [3.8, 4) is 0 Å². The number of aliphatic hydroxyl groups excluding tert-OH is 1. The number of β-lactam (4-membered cyclic amide) rings is 1. The Bertz CT molecular complexity index is 708. The van der Waals surface area contributed by atoms with E-state index in [0.29, 0.717) is 30.1 Å². The summed E-state index contributed by atoms with van der Waals surface area (Å²) in [5, 5.41) is 37.7. The molecule has 7 N–H and O–H groups in total. The monoisotopic (exact) mass is 412 g/mol. The number of carbonyl (C=O) groups is 2. The molecule has 11 heteroatoms. The van der Waals surface area contributed by atoms with E-state index < -0.39 is 24.0 Å². The minimum Gasteiger partial charge on any atom is -0.477 e. The Labute approximate surface area is 168 Å². The zero-order chi connectivity index (χ0) is 21.2. The zero-order valence-corrected chi connectivity index (χ0v) is 17.0. The molecule has 0 aliphatic carbocycles. The van der Waals surface area contributed by atoms with E-state index in [1.807, 2.05) is 0 Å². The molecule has 10 nitrogen and oxygen atoms in total. The first-order valence-electron chi connectivity index (χ1n) is 9.02. The van der Waals surface area contributed by atoms with Crippen molar-refractivity contribution in [1.29, 1.82) is 10.8 Å². The molecule has 1 amide bonds. The second kappa shape index (κ2) is 8.82. The van der Waals surface area contributed by atoms with Crippen LogP contribution in [-0.4, -0.2) is 82.2 Å². The normalized spacial score (nSPS) is 24.5. The smallest absolute Gasteiger partial charge is 0.353 e. The van der Waals surface area contributed by atoms with Gasteiger partial charge in [0.15, 0.2) is 5.96 Å². The minimum atomic E-state index is -1.18. The van der Waals surface area contributed by atoms with E-state index in [4.69, 9.17) is 16.6 Å². The summed E-state index contributed by atoms with van der Waals surface area (Å²) < 4.78 is 0. The molecule has 2 aliphatic heterocycles. The Kier molecular flexibility index (Phi) is 6.94. The summed E-state index contributed by atoms with van der Waals surface area (Å²) in [6.07, 6.45) is 0.329. The Morgan fingerprint density at radius 1 is 1.43 bits per heavy atom. The highest BCUT2D eigenvalue weighted by molar-refractivity contribution is 8.03. The van der Waals surface area contributed by atoms with Crippen LogP contribution in [0.2, 0.25) is 0 Å². The molecule has 0 aromatic heterocycles. The molecule has 0 aromatic rings. The van der Waals surface area contributed by atoms with Crippen molar-refractivity contribution in [2.45, 2.75) is 31.9 Å². The Balaban J connectivity index is 2.27. The van der Waals surface area contributed by atoms with Crippen LogP contribution >= 0.6 is 11.8 Å². The lowest BCUT2D eigenvalue weighted by molar-refractivity contribution is -0.163. The van der Waals surface area contributed by atoms with Crippen molar-refractivity contribution >= 4 is 35.4 Å². The first-order chi connectivity index (χ1) is 13.1. The largest absolute Gasteiger partial charge is 0.477 e. The van der Waals surface area contributed by atoms with Crippen molar-refractivity contribution in [2.24, 2.45) is 17.6 Å². The Morgan fingerprint density at radius 2 is 2.07 bits per heavy atom. The van der Waals surface area contributed by atoms with E-state index in [1.54, 1.807) is 25.9 Å². The summed E-state index contributed by atoms with van der Waals surface area (Å²) in [5.74, 6) is -1.93. The maximum Gasteiger partial charge on any atom is 0.353 e. The number of carbonyl (C=O) groups excluding carboxylic acids is 1. The van der Waals surface area contributed by atoms with Gasteiger partial charge in [-0.1, -0.05) is 0 Å². The van der Waals surface area contributed by atoms with Gasteiger partial charge in [0.2, 0.25) is 5.91 Å². The zero-order valence-electron chi connectivity index (χ0n) is 16.2. The van der Waals surface area contributed by atoms with Crippen LogP contribution in [0.4, 0.5) is 0 Å². The van der Waals surface area contributed by atoms with Gasteiger partial charge in [-0.05, 0) is 19.8 Å². The Hall–Kier alpha value is -2.27. The number of rotatable bonds is 9. The second-order valence-corrected chi connectivity index (χ2v) is 8.22. The van der Waals surface area contributed by atoms with Crippen LogP contribution in [0.1, 0.15) is 19.8 Å². The average molecular weight is 413 g/mol. The van der Waals surface area contributed by atoms with Gasteiger partial charge in [-0.25, -0.2) is 4.79 Å². The van der Waals surface area contributed by atoms with Crippen molar-refractivity contribution in [3.63, 3.8) is 0 Å². The number of fused-ring (bicyclic) bond motifs is 1. The van der Waals surface area contributed by atoms with Crippen molar-refractivity contribution < 1.29 is 19.8 Å². The summed E-state index contributed by atoms with van der Waals surface area (Å²) in [4.78, 5) is 27.9. The molecular weight excluding hydrogens is 384 g/mol. The molecule has 0 spiro atoms. The molecule has 0 saturated carbocycles. The topological polar surface area (TPSA) is 167 Å². The molecular formula is C17H28N6O4S. The molecule has 1 saturated heterocycles. The number of hydrogen-bond donors (Lipinski definition) is 6. The number of nitrogens with one attached hydrogen (secondary N) is 3. The van der Waals surface area contributed by atoms with E-state index in [0.717, 1.165) is 0 Å². The molecule has 0 radical (unpaired) electrons. The molecule has 2 rings (SSSR count). The van der Waals surface area contributed by atoms with Gasteiger partial charge in [0.05, 0.1) is 23.8 Å². The number of carboxylic acid groups (broad SMARTS) is 1. The maximum absolute atomic E-state index is 12.5. The lowest BCUT2D eigenvalue weighted by Crippen LogP contribution is -2.63. The third kappa shape index (κ3) is 4.25. The molecule has 156 valence electrons. The van der Waals surface area contributed by atoms with E-state index >= 15 is 0 Å². The van der Waals surface area contributed by atoms with Crippen molar-refractivity contribution in [2.75, 3.05) is 26.4 Å². The van der Waals surface area contributed by atoms with Gasteiger partial charge in [0.25, 0.3) is 0 Å². The average Bonchev–Trinajstić information content (AvgIpc) is 2.85. The number of amidine groups is 1.